The Morgan fingerprint density at radius 2 is 1.63 bits per heavy atom. The minimum absolute atomic E-state index is 0.569. The van der Waals surface area contributed by atoms with Crippen molar-refractivity contribution in [2.45, 2.75) is 26.7 Å². The average molecular weight is 382 g/mol. The van der Waals surface area contributed by atoms with Crippen LogP contribution >= 0.6 is 0 Å². The molecule has 1 aromatic rings. The van der Waals surface area contributed by atoms with E-state index in [1.54, 1.807) is 28.4 Å². The van der Waals surface area contributed by atoms with Crippen LogP contribution in [-0.4, -0.2) is 60.6 Å². The minimum atomic E-state index is 0.569. The second-order valence-corrected chi connectivity index (χ2v) is 6.51. The Kier molecular flexibility index (Phi) is 11.1. The van der Waals surface area contributed by atoms with Crippen LogP contribution in [-0.2, 0) is 11.2 Å². The molecule has 0 aliphatic heterocycles. The fourth-order valence-electron chi connectivity index (χ4n) is 2.55. The number of nitrogens with one attached hydrogen (secondary N) is 2. The van der Waals surface area contributed by atoms with Crippen molar-refractivity contribution in [3.63, 3.8) is 0 Å². The van der Waals surface area contributed by atoms with Gasteiger partial charge in [0.25, 0.3) is 0 Å². The number of nitrogens with zero attached hydrogens (tertiary/aromatic N) is 1. The van der Waals surface area contributed by atoms with E-state index >= 15 is 0 Å². The number of hydrogen-bond donors (Lipinski definition) is 2. The van der Waals surface area contributed by atoms with Crippen molar-refractivity contribution < 1.29 is 18.9 Å². The molecular weight excluding hydrogens is 346 g/mol. The van der Waals surface area contributed by atoms with Crippen LogP contribution in [0.2, 0.25) is 0 Å². The molecule has 0 aliphatic rings. The molecule has 1 aromatic carbocycles. The van der Waals surface area contributed by atoms with Gasteiger partial charge in [-0.05, 0) is 18.8 Å². The van der Waals surface area contributed by atoms with Crippen molar-refractivity contribution in [2.24, 2.45) is 10.9 Å². The van der Waals surface area contributed by atoms with Gasteiger partial charge in [-0.15, -0.1) is 0 Å². The van der Waals surface area contributed by atoms with Crippen LogP contribution in [0.15, 0.2) is 17.1 Å². The zero-order valence-corrected chi connectivity index (χ0v) is 17.6. The Balaban J connectivity index is 2.46. The van der Waals surface area contributed by atoms with Gasteiger partial charge in [-0.25, -0.2) is 0 Å². The molecule has 0 radical (unpaired) electrons. The van der Waals surface area contributed by atoms with E-state index in [0.29, 0.717) is 18.2 Å². The molecular formula is C20H35N3O4. The molecule has 0 amide bonds. The summed E-state index contributed by atoms with van der Waals surface area (Å²) >= 11 is 0. The van der Waals surface area contributed by atoms with Crippen molar-refractivity contribution in [1.29, 1.82) is 0 Å². The average Bonchev–Trinajstić information content (AvgIpc) is 2.68. The summed E-state index contributed by atoms with van der Waals surface area (Å²) in [7, 11) is 6.68. The largest absolute Gasteiger partial charge is 0.496 e. The van der Waals surface area contributed by atoms with E-state index in [2.05, 4.69) is 29.5 Å². The molecule has 0 fully saturated rings. The van der Waals surface area contributed by atoms with Crippen molar-refractivity contribution in [3.8, 4) is 17.2 Å². The molecule has 0 spiro atoms. The number of methoxy groups -OCH3 is 3. The lowest BCUT2D eigenvalue weighted by molar-refractivity contribution is 0.108. The zero-order valence-electron chi connectivity index (χ0n) is 17.6. The van der Waals surface area contributed by atoms with Crippen LogP contribution in [0.25, 0.3) is 0 Å². The molecule has 7 nitrogen and oxygen atoms in total. The number of ether oxygens (including phenoxy) is 4. The topological polar surface area (TPSA) is 73.3 Å². The van der Waals surface area contributed by atoms with E-state index in [1.807, 2.05) is 12.1 Å². The number of hydrogen-bond acceptors (Lipinski definition) is 5. The predicted octanol–water partition coefficient (Wildman–Crippen LogP) is 2.48. The maximum atomic E-state index is 5.58. The summed E-state index contributed by atoms with van der Waals surface area (Å²) in [6.45, 7) is 7.37. The lowest BCUT2D eigenvalue weighted by Gasteiger charge is -2.16. The maximum absolute atomic E-state index is 5.58. The van der Waals surface area contributed by atoms with Gasteiger partial charge in [0.05, 0.1) is 21.3 Å². The van der Waals surface area contributed by atoms with Gasteiger partial charge in [0.1, 0.15) is 17.2 Å². The van der Waals surface area contributed by atoms with Gasteiger partial charge in [-0.3, -0.25) is 4.99 Å². The summed E-state index contributed by atoms with van der Waals surface area (Å²) in [5.41, 5.74) is 0.992. The van der Waals surface area contributed by atoms with E-state index in [-0.39, 0.29) is 0 Å². The van der Waals surface area contributed by atoms with Gasteiger partial charge in [-0.1, -0.05) is 13.8 Å². The van der Waals surface area contributed by atoms with Gasteiger partial charge in [0, 0.05) is 51.0 Å². The summed E-state index contributed by atoms with van der Waals surface area (Å²) in [6, 6.07) is 3.73. The summed E-state index contributed by atoms with van der Waals surface area (Å²) in [5.74, 6) is 3.54. The molecule has 0 aromatic heterocycles. The Labute approximate surface area is 163 Å². The van der Waals surface area contributed by atoms with Crippen LogP contribution in [0.4, 0.5) is 0 Å². The van der Waals surface area contributed by atoms with Crippen LogP contribution < -0.4 is 24.8 Å². The van der Waals surface area contributed by atoms with Gasteiger partial charge >= 0.3 is 0 Å². The van der Waals surface area contributed by atoms with Crippen molar-refractivity contribution in [2.75, 3.05) is 54.7 Å². The predicted molar refractivity (Wildman–Crippen MR) is 109 cm³/mol. The molecule has 154 valence electrons. The molecule has 0 unspecified atom stereocenters. The first-order valence-electron chi connectivity index (χ1n) is 9.36. The smallest absolute Gasteiger partial charge is 0.190 e. The van der Waals surface area contributed by atoms with E-state index in [0.717, 1.165) is 55.6 Å². The highest BCUT2D eigenvalue weighted by molar-refractivity contribution is 5.79. The summed E-state index contributed by atoms with van der Waals surface area (Å²) < 4.78 is 21.8. The molecule has 0 saturated heterocycles. The number of rotatable bonds is 12. The number of benzene rings is 1. The summed E-state index contributed by atoms with van der Waals surface area (Å²) in [5, 5.41) is 6.61. The van der Waals surface area contributed by atoms with Crippen molar-refractivity contribution in [3.05, 3.63) is 17.7 Å². The molecule has 1 rings (SSSR count). The fourth-order valence-corrected chi connectivity index (χ4v) is 2.55. The van der Waals surface area contributed by atoms with Crippen LogP contribution in [0.3, 0.4) is 0 Å². The molecule has 27 heavy (non-hydrogen) atoms. The van der Waals surface area contributed by atoms with E-state index < -0.39 is 0 Å². The second kappa shape index (κ2) is 13.1. The highest BCUT2D eigenvalue weighted by Crippen LogP contribution is 2.34. The lowest BCUT2D eigenvalue weighted by Crippen LogP contribution is -2.39. The minimum Gasteiger partial charge on any atom is -0.496 e. The molecule has 0 heterocycles. The van der Waals surface area contributed by atoms with Gasteiger partial charge in [-0.2, -0.15) is 0 Å². The maximum Gasteiger partial charge on any atom is 0.190 e. The first-order chi connectivity index (χ1) is 13.0. The van der Waals surface area contributed by atoms with Gasteiger partial charge in [0.15, 0.2) is 5.96 Å². The van der Waals surface area contributed by atoms with Gasteiger partial charge < -0.3 is 29.6 Å². The molecule has 0 saturated carbocycles. The fraction of sp³-hybridized carbons (Fsp3) is 0.650. The number of guanidine groups is 1. The molecule has 2 N–H and O–H groups in total. The quantitative estimate of drug-likeness (QED) is 0.329. The van der Waals surface area contributed by atoms with Crippen molar-refractivity contribution >= 4 is 5.96 Å². The zero-order chi connectivity index (χ0) is 20.1. The standard InChI is InChI=1S/C20H35N3O4/c1-15(2)14-27-11-7-9-22-20(21-3)23-10-8-17-18(25-5)12-16(24-4)13-19(17)26-6/h12-13,15H,7-11,14H2,1-6H3,(H2,21,22,23). The van der Waals surface area contributed by atoms with Crippen LogP contribution in [0.5, 0.6) is 17.2 Å². The van der Waals surface area contributed by atoms with Crippen LogP contribution in [0.1, 0.15) is 25.8 Å². The van der Waals surface area contributed by atoms with Crippen molar-refractivity contribution in [1.82, 2.24) is 10.6 Å². The monoisotopic (exact) mass is 381 g/mol. The first-order valence-corrected chi connectivity index (χ1v) is 9.36. The summed E-state index contributed by atoms with van der Waals surface area (Å²) in [6.07, 6.45) is 1.67. The first kappa shape index (κ1) is 22.9. The third kappa shape index (κ3) is 8.39. The SMILES string of the molecule is CN=C(NCCCOCC(C)C)NCCc1c(OC)cc(OC)cc1OC. The normalized spacial score (nSPS) is 11.4. The van der Waals surface area contributed by atoms with E-state index in [4.69, 9.17) is 18.9 Å². The third-order valence-corrected chi connectivity index (χ3v) is 3.92. The summed E-state index contributed by atoms with van der Waals surface area (Å²) in [4.78, 5) is 4.25. The van der Waals surface area contributed by atoms with E-state index in [1.165, 1.54) is 0 Å². The third-order valence-electron chi connectivity index (χ3n) is 3.92. The highest BCUT2D eigenvalue weighted by Gasteiger charge is 2.13. The molecule has 0 aliphatic carbocycles. The Morgan fingerprint density at radius 1 is 1.00 bits per heavy atom. The Hall–Kier alpha value is -2.15. The van der Waals surface area contributed by atoms with Crippen LogP contribution in [0, 0.1) is 5.92 Å². The molecule has 7 heteroatoms. The number of aliphatic imine (C=N–C) groups is 1. The Bertz CT molecular complexity index is 551. The highest BCUT2D eigenvalue weighted by atomic mass is 16.5. The molecule has 0 bridgehead atoms. The lowest BCUT2D eigenvalue weighted by atomic mass is 10.1. The van der Waals surface area contributed by atoms with E-state index in [9.17, 15) is 0 Å². The second-order valence-electron chi connectivity index (χ2n) is 6.51. The Morgan fingerprint density at radius 3 is 2.15 bits per heavy atom. The molecule has 0 atom stereocenters. The van der Waals surface area contributed by atoms with Gasteiger partial charge in [0.2, 0.25) is 0 Å².